The van der Waals surface area contributed by atoms with Crippen molar-refractivity contribution < 1.29 is 0 Å². The molecule has 0 aliphatic heterocycles. The standard InChI is InChI=1S/C22H23NS/c1-2-4-20-18(3-1)10-21(19-5-6-24-14-19)23(20)22-11-15-7-16(12-22)9-17(8-15)13-22/h1-6,10,14-17H,7-9,11-13H2. The second kappa shape index (κ2) is 4.76. The lowest BCUT2D eigenvalue weighted by Gasteiger charge is -2.58. The van der Waals surface area contributed by atoms with Crippen LogP contribution in [0, 0.1) is 17.8 Å². The van der Waals surface area contributed by atoms with Crippen LogP contribution in [0.4, 0.5) is 0 Å². The molecule has 0 atom stereocenters. The molecule has 122 valence electrons. The van der Waals surface area contributed by atoms with E-state index in [1.54, 1.807) is 0 Å². The maximum atomic E-state index is 2.79. The van der Waals surface area contributed by atoms with Gasteiger partial charge < -0.3 is 4.57 Å². The zero-order chi connectivity index (χ0) is 15.7. The largest absolute Gasteiger partial charge is 0.334 e. The minimum atomic E-state index is 0.384. The monoisotopic (exact) mass is 333 g/mol. The molecule has 4 saturated carbocycles. The molecule has 1 nitrogen and oxygen atoms in total. The molecule has 0 radical (unpaired) electrons. The highest BCUT2D eigenvalue weighted by molar-refractivity contribution is 7.08. The highest BCUT2D eigenvalue weighted by Crippen LogP contribution is 2.60. The molecule has 0 unspecified atom stereocenters. The van der Waals surface area contributed by atoms with Gasteiger partial charge in [0.05, 0.1) is 5.69 Å². The molecule has 0 spiro atoms. The zero-order valence-corrected chi connectivity index (χ0v) is 14.8. The summed E-state index contributed by atoms with van der Waals surface area (Å²) in [6, 6.07) is 13.8. The summed E-state index contributed by atoms with van der Waals surface area (Å²) in [5.41, 5.74) is 4.71. The maximum absolute atomic E-state index is 2.79. The lowest BCUT2D eigenvalue weighted by atomic mass is 9.53. The molecule has 0 N–H and O–H groups in total. The van der Waals surface area contributed by atoms with Gasteiger partial charge in [0, 0.05) is 27.4 Å². The van der Waals surface area contributed by atoms with Gasteiger partial charge in [0.2, 0.25) is 0 Å². The van der Waals surface area contributed by atoms with Gasteiger partial charge in [-0.2, -0.15) is 11.3 Å². The van der Waals surface area contributed by atoms with Crippen molar-refractivity contribution in [3.05, 3.63) is 47.2 Å². The van der Waals surface area contributed by atoms with E-state index in [9.17, 15) is 0 Å². The first-order valence-corrected chi connectivity index (χ1v) is 10.4. The fraction of sp³-hybridized carbons (Fsp3) is 0.455. The first-order valence-electron chi connectivity index (χ1n) is 9.44. The minimum absolute atomic E-state index is 0.384. The van der Waals surface area contributed by atoms with E-state index in [1.165, 1.54) is 60.7 Å². The molecule has 4 fully saturated rings. The smallest absolute Gasteiger partial charge is 0.0504 e. The molecular weight excluding hydrogens is 310 g/mol. The fourth-order valence-corrected chi connectivity index (χ4v) is 7.28. The van der Waals surface area contributed by atoms with Gasteiger partial charge in [-0.15, -0.1) is 0 Å². The van der Waals surface area contributed by atoms with Gasteiger partial charge in [-0.3, -0.25) is 0 Å². The SMILES string of the molecule is c1ccc2c(c1)cc(-c1ccsc1)n2C12CC3CC(CC(C3)C1)C2. The average Bonchev–Trinajstić information content (AvgIpc) is 3.21. The first kappa shape index (κ1) is 13.7. The van der Waals surface area contributed by atoms with Gasteiger partial charge >= 0.3 is 0 Å². The quantitative estimate of drug-likeness (QED) is 0.519. The number of hydrogen-bond acceptors (Lipinski definition) is 1. The molecule has 4 bridgehead atoms. The molecular formula is C22H23NS. The Bertz CT molecular complexity index is 866. The maximum Gasteiger partial charge on any atom is 0.0504 e. The number of para-hydroxylation sites is 1. The van der Waals surface area contributed by atoms with Crippen LogP contribution in [-0.4, -0.2) is 4.57 Å². The lowest BCUT2D eigenvalue weighted by molar-refractivity contribution is -0.0399. The molecule has 7 rings (SSSR count). The number of rotatable bonds is 2. The summed E-state index contributed by atoms with van der Waals surface area (Å²) in [5.74, 6) is 2.94. The number of nitrogens with zero attached hydrogens (tertiary/aromatic N) is 1. The first-order chi connectivity index (χ1) is 11.8. The van der Waals surface area contributed by atoms with Crippen molar-refractivity contribution in [1.82, 2.24) is 4.57 Å². The Kier molecular flexibility index (Phi) is 2.72. The number of benzene rings is 1. The Morgan fingerprint density at radius 3 is 2.29 bits per heavy atom. The van der Waals surface area contributed by atoms with Crippen LogP contribution in [0.5, 0.6) is 0 Å². The number of hydrogen-bond donors (Lipinski definition) is 0. The third-order valence-electron chi connectivity index (χ3n) is 7.01. The van der Waals surface area contributed by atoms with Gasteiger partial charge in [0.25, 0.3) is 0 Å². The normalized spacial score (nSPS) is 34.2. The summed E-state index contributed by atoms with van der Waals surface area (Å²) >= 11 is 1.82. The minimum Gasteiger partial charge on any atom is -0.334 e. The molecule has 4 aliphatic carbocycles. The Labute approximate surface area is 147 Å². The van der Waals surface area contributed by atoms with E-state index < -0.39 is 0 Å². The van der Waals surface area contributed by atoms with Crippen molar-refractivity contribution in [3.63, 3.8) is 0 Å². The Balaban J connectivity index is 1.63. The summed E-state index contributed by atoms with van der Waals surface area (Å²) in [6.07, 6.45) is 8.75. The zero-order valence-electron chi connectivity index (χ0n) is 13.9. The second-order valence-corrected chi connectivity index (χ2v) is 9.36. The van der Waals surface area contributed by atoms with Crippen molar-refractivity contribution >= 4 is 22.2 Å². The van der Waals surface area contributed by atoms with E-state index in [4.69, 9.17) is 0 Å². The molecule has 0 saturated heterocycles. The predicted molar refractivity (Wildman–Crippen MR) is 101 cm³/mol. The molecule has 2 aromatic heterocycles. The van der Waals surface area contributed by atoms with Crippen LogP contribution < -0.4 is 0 Å². The van der Waals surface area contributed by atoms with Crippen LogP contribution in [-0.2, 0) is 5.54 Å². The summed E-state index contributed by atoms with van der Waals surface area (Å²) in [6.45, 7) is 0. The number of thiophene rings is 1. The van der Waals surface area contributed by atoms with E-state index in [0.717, 1.165) is 17.8 Å². The van der Waals surface area contributed by atoms with Crippen LogP contribution in [0.2, 0.25) is 0 Å². The third-order valence-corrected chi connectivity index (χ3v) is 7.69. The fourth-order valence-electron chi connectivity index (χ4n) is 6.63. The van der Waals surface area contributed by atoms with Crippen LogP contribution in [0.1, 0.15) is 38.5 Å². The summed E-state index contributed by atoms with van der Waals surface area (Å²) < 4.78 is 2.79. The van der Waals surface area contributed by atoms with Crippen LogP contribution >= 0.6 is 11.3 Å². The summed E-state index contributed by atoms with van der Waals surface area (Å²) in [4.78, 5) is 0. The van der Waals surface area contributed by atoms with Crippen molar-refractivity contribution in [2.75, 3.05) is 0 Å². The van der Waals surface area contributed by atoms with Crippen LogP contribution in [0.25, 0.3) is 22.2 Å². The Hall–Kier alpha value is -1.54. The van der Waals surface area contributed by atoms with Crippen molar-refractivity contribution in [1.29, 1.82) is 0 Å². The van der Waals surface area contributed by atoms with E-state index >= 15 is 0 Å². The molecule has 3 aromatic rings. The molecule has 2 heterocycles. The van der Waals surface area contributed by atoms with Gasteiger partial charge in [-0.25, -0.2) is 0 Å². The average molecular weight is 334 g/mol. The van der Waals surface area contributed by atoms with Crippen LogP contribution in [0.15, 0.2) is 47.2 Å². The van der Waals surface area contributed by atoms with Gasteiger partial charge in [-0.05, 0) is 79.9 Å². The highest BCUT2D eigenvalue weighted by atomic mass is 32.1. The summed E-state index contributed by atoms with van der Waals surface area (Å²) in [7, 11) is 0. The van der Waals surface area contributed by atoms with E-state index in [1.807, 2.05) is 11.3 Å². The van der Waals surface area contributed by atoms with E-state index in [-0.39, 0.29) is 0 Å². The van der Waals surface area contributed by atoms with Gasteiger partial charge in [-0.1, -0.05) is 18.2 Å². The van der Waals surface area contributed by atoms with Crippen molar-refractivity contribution in [2.45, 2.75) is 44.1 Å². The molecule has 2 heteroatoms. The molecule has 0 amide bonds. The van der Waals surface area contributed by atoms with E-state index in [0.29, 0.717) is 5.54 Å². The number of fused-ring (bicyclic) bond motifs is 1. The third kappa shape index (κ3) is 1.81. The lowest BCUT2D eigenvalue weighted by Crippen LogP contribution is -2.51. The van der Waals surface area contributed by atoms with Crippen LogP contribution in [0.3, 0.4) is 0 Å². The van der Waals surface area contributed by atoms with E-state index in [2.05, 4.69) is 51.7 Å². The van der Waals surface area contributed by atoms with Gasteiger partial charge in [0.15, 0.2) is 0 Å². The van der Waals surface area contributed by atoms with Crippen molar-refractivity contribution in [2.24, 2.45) is 17.8 Å². The predicted octanol–water partition coefficient (Wildman–Crippen LogP) is 6.30. The Morgan fingerprint density at radius 2 is 1.62 bits per heavy atom. The summed E-state index contributed by atoms with van der Waals surface area (Å²) in [5, 5.41) is 5.96. The van der Waals surface area contributed by atoms with Crippen molar-refractivity contribution in [3.8, 4) is 11.3 Å². The molecule has 4 aliphatic rings. The molecule has 24 heavy (non-hydrogen) atoms. The highest BCUT2D eigenvalue weighted by Gasteiger charge is 2.52. The topological polar surface area (TPSA) is 4.93 Å². The van der Waals surface area contributed by atoms with Gasteiger partial charge in [0.1, 0.15) is 0 Å². The molecule has 1 aromatic carbocycles. The Morgan fingerprint density at radius 1 is 0.917 bits per heavy atom. The number of aromatic nitrogens is 1. The second-order valence-electron chi connectivity index (χ2n) is 8.58.